The van der Waals surface area contributed by atoms with Gasteiger partial charge in [0.1, 0.15) is 22.9 Å². The van der Waals surface area contributed by atoms with Gasteiger partial charge in [0.05, 0.1) is 20.4 Å². The summed E-state index contributed by atoms with van der Waals surface area (Å²) in [5.74, 6) is 0.271. The van der Waals surface area contributed by atoms with Gasteiger partial charge in [-0.1, -0.05) is 18.2 Å². The van der Waals surface area contributed by atoms with Crippen molar-refractivity contribution >= 4 is 5.91 Å². The number of benzene rings is 2. The first kappa shape index (κ1) is 17.2. The highest BCUT2D eigenvalue weighted by atomic mass is 19.1. The van der Waals surface area contributed by atoms with Crippen molar-refractivity contribution in [2.75, 3.05) is 14.2 Å². The van der Waals surface area contributed by atoms with Gasteiger partial charge in [0.25, 0.3) is 5.91 Å². The molecule has 2 unspecified atom stereocenters. The van der Waals surface area contributed by atoms with Crippen molar-refractivity contribution in [2.24, 2.45) is 0 Å². The molecule has 1 saturated heterocycles. The highest BCUT2D eigenvalue weighted by Gasteiger charge is 2.28. The van der Waals surface area contributed by atoms with Crippen LogP contribution in [0.4, 0.5) is 4.39 Å². The summed E-state index contributed by atoms with van der Waals surface area (Å²) in [6, 6.07) is 11.4. The largest absolute Gasteiger partial charge is 0.496 e. The number of nitrogens with one attached hydrogen (secondary N) is 3. The number of hydrogen-bond acceptors (Lipinski definition) is 5. The lowest BCUT2D eigenvalue weighted by Crippen LogP contribution is -2.44. The van der Waals surface area contributed by atoms with E-state index in [-0.39, 0.29) is 23.9 Å². The van der Waals surface area contributed by atoms with Crippen molar-refractivity contribution < 1.29 is 18.7 Å². The number of hydrogen-bond donors (Lipinski definition) is 3. The summed E-state index contributed by atoms with van der Waals surface area (Å²) in [5, 5.41) is 2.89. The molecule has 1 aliphatic heterocycles. The number of hydrazine groups is 1. The smallest absolute Gasteiger partial charge is 0.260 e. The summed E-state index contributed by atoms with van der Waals surface area (Å²) < 4.78 is 23.9. The zero-order chi connectivity index (χ0) is 17.8. The van der Waals surface area contributed by atoms with Gasteiger partial charge in [-0.3, -0.25) is 4.79 Å². The normalized spacial score (nSPS) is 19.5. The van der Waals surface area contributed by atoms with Crippen LogP contribution in [0.2, 0.25) is 0 Å². The van der Waals surface area contributed by atoms with Gasteiger partial charge in [0.15, 0.2) is 0 Å². The molecule has 2 aromatic rings. The summed E-state index contributed by atoms with van der Waals surface area (Å²) in [6.45, 7) is 0. The van der Waals surface area contributed by atoms with Gasteiger partial charge in [0.2, 0.25) is 0 Å². The molecule has 0 saturated carbocycles. The molecule has 0 aliphatic carbocycles. The maximum absolute atomic E-state index is 13.4. The molecule has 1 aliphatic rings. The lowest BCUT2D eigenvalue weighted by atomic mass is 10.0. The van der Waals surface area contributed by atoms with Gasteiger partial charge >= 0.3 is 0 Å². The molecule has 0 radical (unpaired) electrons. The van der Waals surface area contributed by atoms with Crippen molar-refractivity contribution in [3.8, 4) is 11.5 Å². The summed E-state index contributed by atoms with van der Waals surface area (Å²) in [5.41, 5.74) is 7.24. The summed E-state index contributed by atoms with van der Waals surface area (Å²) in [6.07, 6.45) is 0.266. The minimum atomic E-state index is -0.312. The van der Waals surface area contributed by atoms with E-state index in [1.807, 2.05) is 6.07 Å². The molecule has 6 nitrogen and oxygen atoms in total. The Morgan fingerprint density at radius 2 is 1.80 bits per heavy atom. The Bertz CT molecular complexity index is 747. The van der Waals surface area contributed by atoms with Gasteiger partial charge in [-0.15, -0.1) is 0 Å². The van der Waals surface area contributed by atoms with Crippen LogP contribution in [-0.2, 0) is 0 Å². The van der Waals surface area contributed by atoms with Crippen LogP contribution in [0.25, 0.3) is 0 Å². The van der Waals surface area contributed by atoms with Gasteiger partial charge in [-0.25, -0.2) is 15.2 Å². The molecule has 132 valence electrons. The van der Waals surface area contributed by atoms with Gasteiger partial charge < -0.3 is 14.8 Å². The van der Waals surface area contributed by atoms with E-state index in [2.05, 4.69) is 16.2 Å². The first-order valence-electron chi connectivity index (χ1n) is 7.90. The predicted molar refractivity (Wildman–Crippen MR) is 90.8 cm³/mol. The van der Waals surface area contributed by atoms with E-state index in [1.54, 1.807) is 24.3 Å². The van der Waals surface area contributed by atoms with E-state index in [9.17, 15) is 9.18 Å². The fourth-order valence-electron chi connectivity index (χ4n) is 2.90. The predicted octanol–water partition coefficient (Wildman–Crippen LogP) is 2.14. The first-order valence-corrected chi connectivity index (χ1v) is 7.90. The Morgan fingerprint density at radius 3 is 2.44 bits per heavy atom. The van der Waals surface area contributed by atoms with Crippen molar-refractivity contribution in [2.45, 2.75) is 18.6 Å². The maximum Gasteiger partial charge on any atom is 0.260 e. The SMILES string of the molecule is COc1cccc(OC)c1C(=O)NC1CC(c2cccc(F)c2)NN1. The number of methoxy groups -OCH3 is 2. The minimum Gasteiger partial charge on any atom is -0.496 e. The third-order valence-corrected chi connectivity index (χ3v) is 4.11. The van der Waals surface area contributed by atoms with Crippen molar-refractivity contribution in [3.05, 3.63) is 59.4 Å². The first-order chi connectivity index (χ1) is 12.1. The highest BCUT2D eigenvalue weighted by molar-refractivity contribution is 5.99. The Balaban J connectivity index is 1.71. The topological polar surface area (TPSA) is 71.6 Å². The third-order valence-electron chi connectivity index (χ3n) is 4.11. The van der Waals surface area contributed by atoms with Crippen LogP contribution in [0.5, 0.6) is 11.5 Å². The molecular weight excluding hydrogens is 325 g/mol. The Labute approximate surface area is 145 Å². The third kappa shape index (κ3) is 3.72. The van der Waals surface area contributed by atoms with E-state index >= 15 is 0 Å². The quantitative estimate of drug-likeness (QED) is 0.774. The summed E-state index contributed by atoms with van der Waals surface area (Å²) in [4.78, 5) is 12.7. The van der Waals surface area contributed by atoms with Crippen LogP contribution >= 0.6 is 0 Å². The van der Waals surface area contributed by atoms with E-state index in [0.717, 1.165) is 5.56 Å². The fraction of sp³-hybridized carbons (Fsp3) is 0.278. The van der Waals surface area contributed by atoms with Crippen molar-refractivity contribution in [1.82, 2.24) is 16.2 Å². The van der Waals surface area contributed by atoms with Gasteiger partial charge in [0, 0.05) is 12.5 Å². The van der Waals surface area contributed by atoms with Crippen LogP contribution in [0.1, 0.15) is 28.4 Å². The lowest BCUT2D eigenvalue weighted by Gasteiger charge is -2.16. The lowest BCUT2D eigenvalue weighted by molar-refractivity contribution is 0.0926. The number of carbonyl (C=O) groups excluding carboxylic acids is 1. The van der Waals surface area contributed by atoms with Crippen molar-refractivity contribution in [3.63, 3.8) is 0 Å². The number of rotatable bonds is 5. The zero-order valence-corrected chi connectivity index (χ0v) is 14.0. The molecule has 1 fully saturated rings. The molecule has 3 N–H and O–H groups in total. The van der Waals surface area contributed by atoms with E-state index in [4.69, 9.17) is 9.47 Å². The molecule has 1 amide bonds. The monoisotopic (exact) mass is 345 g/mol. The minimum absolute atomic E-state index is 0.0967. The molecule has 1 heterocycles. The molecule has 2 aromatic carbocycles. The van der Waals surface area contributed by atoms with Crippen LogP contribution < -0.4 is 25.6 Å². The maximum atomic E-state index is 13.4. The second kappa shape index (κ2) is 7.50. The average molecular weight is 345 g/mol. The Morgan fingerprint density at radius 1 is 1.12 bits per heavy atom. The number of ether oxygens (including phenoxy) is 2. The van der Waals surface area contributed by atoms with E-state index in [1.165, 1.54) is 26.4 Å². The second-order valence-electron chi connectivity index (χ2n) is 5.70. The molecule has 7 heteroatoms. The molecular formula is C18H20FN3O3. The zero-order valence-electron chi connectivity index (χ0n) is 14.0. The highest BCUT2D eigenvalue weighted by Crippen LogP contribution is 2.29. The molecule has 3 rings (SSSR count). The fourth-order valence-corrected chi connectivity index (χ4v) is 2.90. The van der Waals surface area contributed by atoms with Crippen LogP contribution in [0.15, 0.2) is 42.5 Å². The number of halogens is 1. The van der Waals surface area contributed by atoms with Crippen LogP contribution in [0, 0.1) is 5.82 Å². The average Bonchev–Trinajstić information content (AvgIpc) is 3.09. The van der Waals surface area contributed by atoms with Crippen molar-refractivity contribution in [1.29, 1.82) is 0 Å². The van der Waals surface area contributed by atoms with Gasteiger partial charge in [-0.05, 0) is 29.8 Å². The standard InChI is InChI=1S/C18H20FN3O3/c1-24-14-7-4-8-15(25-2)17(14)18(23)20-16-10-13(21-22-16)11-5-3-6-12(19)9-11/h3-9,13,16,21-22H,10H2,1-2H3,(H,20,23). The molecule has 0 spiro atoms. The Hall–Kier alpha value is -2.64. The number of carbonyl (C=O) groups is 1. The number of amides is 1. The Kier molecular flexibility index (Phi) is 5.16. The molecule has 25 heavy (non-hydrogen) atoms. The van der Waals surface area contributed by atoms with E-state index < -0.39 is 0 Å². The molecule has 2 atom stereocenters. The summed E-state index contributed by atoms with van der Waals surface area (Å²) >= 11 is 0. The summed E-state index contributed by atoms with van der Waals surface area (Å²) in [7, 11) is 3.00. The van der Waals surface area contributed by atoms with Crippen LogP contribution in [-0.4, -0.2) is 26.3 Å². The molecule has 0 bridgehead atoms. The van der Waals surface area contributed by atoms with E-state index in [0.29, 0.717) is 23.5 Å². The molecule has 0 aromatic heterocycles. The second-order valence-corrected chi connectivity index (χ2v) is 5.70. The van der Waals surface area contributed by atoms with Crippen LogP contribution in [0.3, 0.4) is 0 Å². The van der Waals surface area contributed by atoms with Gasteiger partial charge in [-0.2, -0.15) is 0 Å².